The van der Waals surface area contributed by atoms with Crippen LogP contribution in [-0.2, 0) is 16.6 Å². The second-order valence-electron chi connectivity index (χ2n) is 8.30. The van der Waals surface area contributed by atoms with Gasteiger partial charge in [-0.15, -0.1) is 0 Å². The van der Waals surface area contributed by atoms with Gasteiger partial charge in [0.05, 0.1) is 16.1 Å². The number of para-hydroxylation sites is 1. The molecule has 1 amide bonds. The van der Waals surface area contributed by atoms with Gasteiger partial charge in [0.25, 0.3) is 5.91 Å². The quantitative estimate of drug-likeness (QED) is 0.370. The Balaban J connectivity index is 1.44. The minimum Gasteiger partial charge on any atom is -0.282 e. The number of aromatic nitrogens is 3. The topological polar surface area (TPSA) is 88.4 Å². The number of carbonyl (C=O) groups excluding carboxylic acids is 1. The monoisotopic (exact) mass is 513 g/mol. The van der Waals surface area contributed by atoms with E-state index in [1.807, 2.05) is 0 Å². The van der Waals surface area contributed by atoms with Crippen molar-refractivity contribution in [3.8, 4) is 0 Å². The zero-order chi connectivity index (χ0) is 24.4. The molecule has 1 aliphatic rings. The maximum atomic E-state index is 14.3. The molecule has 1 fully saturated rings. The Morgan fingerprint density at radius 3 is 2.51 bits per heavy atom. The van der Waals surface area contributed by atoms with Gasteiger partial charge in [0, 0.05) is 37.6 Å². The van der Waals surface area contributed by atoms with Crippen molar-refractivity contribution >= 4 is 42.6 Å². The fraction of sp³-hybridized carbons (Fsp3) is 0.292. The number of nitrogens with zero attached hydrogens (tertiary/aromatic N) is 5. The van der Waals surface area contributed by atoms with Crippen molar-refractivity contribution in [1.82, 2.24) is 19.1 Å². The predicted octanol–water partition coefficient (Wildman–Crippen LogP) is 4.15. The van der Waals surface area contributed by atoms with Gasteiger partial charge >= 0.3 is 0 Å². The van der Waals surface area contributed by atoms with Gasteiger partial charge in [-0.2, -0.15) is 9.40 Å². The van der Waals surface area contributed by atoms with Crippen molar-refractivity contribution in [3.63, 3.8) is 0 Å². The Bertz CT molecular complexity index is 1430. The zero-order valence-corrected chi connectivity index (χ0v) is 20.5. The first-order valence-corrected chi connectivity index (χ1v) is 13.6. The molecule has 0 N–H and O–H groups in total. The van der Waals surface area contributed by atoms with E-state index in [1.54, 1.807) is 35.3 Å². The lowest BCUT2D eigenvalue weighted by atomic mass is 10.2. The van der Waals surface area contributed by atoms with Crippen LogP contribution in [0.4, 0.5) is 9.52 Å². The maximum Gasteiger partial charge on any atom is 0.260 e. The van der Waals surface area contributed by atoms with Gasteiger partial charge < -0.3 is 0 Å². The van der Waals surface area contributed by atoms with Crippen molar-refractivity contribution < 1.29 is 17.6 Å². The van der Waals surface area contributed by atoms with Gasteiger partial charge in [-0.25, -0.2) is 17.8 Å². The van der Waals surface area contributed by atoms with E-state index in [4.69, 9.17) is 0 Å². The molecule has 0 aliphatic carbocycles. The smallest absolute Gasteiger partial charge is 0.260 e. The summed E-state index contributed by atoms with van der Waals surface area (Å²) in [6, 6.07) is 12.5. The highest BCUT2D eigenvalue weighted by molar-refractivity contribution is 7.89. The van der Waals surface area contributed by atoms with Crippen molar-refractivity contribution in [2.45, 2.75) is 30.7 Å². The van der Waals surface area contributed by atoms with Crippen LogP contribution in [0, 0.1) is 5.82 Å². The summed E-state index contributed by atoms with van der Waals surface area (Å²) in [5.41, 5.74) is 0.537. The third kappa shape index (κ3) is 4.84. The summed E-state index contributed by atoms with van der Waals surface area (Å²) in [6.45, 7) is 1.70. The van der Waals surface area contributed by atoms with E-state index in [0.717, 1.165) is 19.3 Å². The molecule has 182 valence electrons. The first kappa shape index (κ1) is 23.6. The molecule has 0 atom stereocenters. The fourth-order valence-corrected chi connectivity index (χ4v) is 6.64. The highest BCUT2D eigenvalue weighted by Gasteiger charge is 2.27. The molecule has 3 heterocycles. The number of anilines is 1. The van der Waals surface area contributed by atoms with Crippen LogP contribution in [-0.4, -0.2) is 53.0 Å². The SMILES string of the molecule is O=C(c1ccc(S(=O)(=O)N2CCCCC2)cc1)N(CCn1cccn1)c1nc2c(F)cccc2s1. The molecule has 35 heavy (non-hydrogen) atoms. The molecule has 8 nitrogen and oxygen atoms in total. The van der Waals surface area contributed by atoms with Crippen molar-refractivity contribution in [1.29, 1.82) is 0 Å². The second-order valence-corrected chi connectivity index (χ2v) is 11.2. The van der Waals surface area contributed by atoms with Crippen LogP contribution in [0.5, 0.6) is 0 Å². The van der Waals surface area contributed by atoms with Crippen LogP contribution >= 0.6 is 11.3 Å². The number of piperidine rings is 1. The number of carbonyl (C=O) groups is 1. The highest BCUT2D eigenvalue weighted by Crippen LogP contribution is 2.31. The minimum absolute atomic E-state index is 0.168. The summed E-state index contributed by atoms with van der Waals surface area (Å²) < 4.78 is 44.0. The van der Waals surface area contributed by atoms with Crippen LogP contribution in [0.2, 0.25) is 0 Å². The molecule has 0 bridgehead atoms. The van der Waals surface area contributed by atoms with Crippen molar-refractivity contribution in [2.24, 2.45) is 0 Å². The number of benzene rings is 2. The Labute approximate surface area is 206 Å². The fourth-order valence-electron chi connectivity index (χ4n) is 4.12. The number of fused-ring (bicyclic) bond motifs is 1. The number of sulfonamides is 1. The first-order valence-electron chi connectivity index (χ1n) is 11.4. The minimum atomic E-state index is -3.59. The van der Waals surface area contributed by atoms with Crippen molar-refractivity contribution in [3.05, 3.63) is 72.3 Å². The third-order valence-corrected chi connectivity index (χ3v) is 8.96. The molecule has 0 unspecified atom stereocenters. The highest BCUT2D eigenvalue weighted by atomic mass is 32.2. The average Bonchev–Trinajstić information content (AvgIpc) is 3.56. The second kappa shape index (κ2) is 9.84. The van der Waals surface area contributed by atoms with E-state index in [-0.39, 0.29) is 22.9 Å². The maximum absolute atomic E-state index is 14.3. The Hall–Kier alpha value is -3.15. The molecule has 2 aromatic carbocycles. The Morgan fingerprint density at radius 2 is 1.83 bits per heavy atom. The molecule has 2 aromatic heterocycles. The standard InChI is InChI=1S/C24H24FN5O3S2/c25-20-6-4-7-21-22(20)27-24(34-21)30(17-16-28-13-5-12-26-28)23(31)18-8-10-19(11-9-18)35(32,33)29-14-2-1-3-15-29/h4-13H,1-3,14-17H2. The van der Waals surface area contributed by atoms with Crippen LogP contribution in [0.3, 0.4) is 0 Å². The third-order valence-electron chi connectivity index (χ3n) is 6.00. The molecule has 1 saturated heterocycles. The van der Waals surface area contributed by atoms with E-state index >= 15 is 0 Å². The number of halogens is 1. The molecular weight excluding hydrogens is 489 g/mol. The molecule has 5 rings (SSSR count). The molecule has 0 saturated carbocycles. The molecule has 4 aromatic rings. The van der Waals surface area contributed by atoms with E-state index in [9.17, 15) is 17.6 Å². The van der Waals surface area contributed by atoms with E-state index < -0.39 is 15.8 Å². The summed E-state index contributed by atoms with van der Waals surface area (Å²) >= 11 is 1.23. The predicted molar refractivity (Wildman–Crippen MR) is 133 cm³/mol. The summed E-state index contributed by atoms with van der Waals surface area (Å²) in [7, 11) is -3.59. The number of rotatable bonds is 7. The van der Waals surface area contributed by atoms with Gasteiger partial charge in [0.1, 0.15) is 11.3 Å². The lowest BCUT2D eigenvalue weighted by Gasteiger charge is -2.26. The van der Waals surface area contributed by atoms with Gasteiger partial charge in [0.15, 0.2) is 5.13 Å². The van der Waals surface area contributed by atoms with Crippen LogP contribution in [0.25, 0.3) is 10.2 Å². The lowest BCUT2D eigenvalue weighted by Crippen LogP contribution is -2.36. The van der Waals surface area contributed by atoms with Crippen LogP contribution in [0.1, 0.15) is 29.6 Å². The number of hydrogen-bond donors (Lipinski definition) is 0. The molecule has 0 radical (unpaired) electrons. The first-order chi connectivity index (χ1) is 16.9. The van der Waals surface area contributed by atoms with Crippen LogP contribution in [0.15, 0.2) is 65.8 Å². The Kier molecular flexibility index (Phi) is 6.63. The number of thiazole rings is 1. The van der Waals surface area contributed by atoms with Crippen LogP contribution < -0.4 is 4.90 Å². The normalized spacial score (nSPS) is 14.9. The number of hydrogen-bond acceptors (Lipinski definition) is 6. The Morgan fingerprint density at radius 1 is 1.06 bits per heavy atom. The van der Waals surface area contributed by atoms with Gasteiger partial charge in [-0.1, -0.05) is 23.8 Å². The molecule has 0 spiro atoms. The van der Waals surface area contributed by atoms with E-state index in [1.165, 1.54) is 50.9 Å². The summed E-state index contributed by atoms with van der Waals surface area (Å²) in [5.74, 6) is -0.796. The number of amides is 1. The van der Waals surface area contributed by atoms with Crippen molar-refractivity contribution in [2.75, 3.05) is 24.5 Å². The summed E-state index contributed by atoms with van der Waals surface area (Å²) in [4.78, 5) is 19.6. The largest absolute Gasteiger partial charge is 0.282 e. The van der Waals surface area contributed by atoms with Gasteiger partial charge in [-0.05, 0) is 55.3 Å². The average molecular weight is 514 g/mol. The summed E-state index contributed by atoms with van der Waals surface area (Å²) in [5, 5.41) is 4.55. The van der Waals surface area contributed by atoms with E-state index in [2.05, 4.69) is 10.1 Å². The zero-order valence-electron chi connectivity index (χ0n) is 18.9. The van der Waals surface area contributed by atoms with Gasteiger partial charge in [-0.3, -0.25) is 14.4 Å². The molecule has 1 aliphatic heterocycles. The molecular formula is C24H24FN5O3S2. The van der Waals surface area contributed by atoms with E-state index in [0.29, 0.717) is 35.0 Å². The lowest BCUT2D eigenvalue weighted by molar-refractivity contribution is 0.0985. The summed E-state index contributed by atoms with van der Waals surface area (Å²) in [6.07, 6.45) is 6.18. The van der Waals surface area contributed by atoms with Gasteiger partial charge in [0.2, 0.25) is 10.0 Å². The molecule has 11 heteroatoms.